The summed E-state index contributed by atoms with van der Waals surface area (Å²) in [5.74, 6) is 0.324. The fourth-order valence-corrected chi connectivity index (χ4v) is 2.24. The smallest absolute Gasteiger partial charge is 0.317 e. The molecule has 0 saturated heterocycles. The van der Waals surface area contributed by atoms with E-state index in [0.29, 0.717) is 30.8 Å². The van der Waals surface area contributed by atoms with E-state index in [1.54, 1.807) is 12.2 Å². The maximum Gasteiger partial charge on any atom is 0.317 e. The maximum atomic E-state index is 11.7. The third-order valence-electron chi connectivity index (χ3n) is 3.42. The first-order valence-corrected chi connectivity index (χ1v) is 6.80. The number of hydrogen-bond acceptors (Lipinski definition) is 3. The van der Waals surface area contributed by atoms with Crippen molar-refractivity contribution < 1.29 is 19.4 Å². The molecule has 108 valence electrons. The predicted octanol–water partition coefficient (Wildman–Crippen LogP) is 3.32. The third kappa shape index (κ3) is 3.90. The van der Waals surface area contributed by atoms with Gasteiger partial charge in [-0.1, -0.05) is 6.92 Å². The van der Waals surface area contributed by atoms with Crippen LogP contribution in [0.2, 0.25) is 0 Å². The van der Waals surface area contributed by atoms with Crippen molar-refractivity contribution in [2.75, 3.05) is 14.2 Å². The van der Waals surface area contributed by atoms with E-state index in [9.17, 15) is 9.90 Å². The number of halogens is 1. The second kappa shape index (κ2) is 6.85. The molecular weight excluding hydrogens is 268 g/mol. The van der Waals surface area contributed by atoms with Crippen molar-refractivity contribution in [1.82, 2.24) is 0 Å². The van der Waals surface area contributed by atoms with Crippen molar-refractivity contribution in [1.29, 1.82) is 0 Å². The van der Waals surface area contributed by atoms with Crippen LogP contribution in [-0.2, 0) is 14.3 Å². The van der Waals surface area contributed by atoms with Crippen LogP contribution in [0.5, 0.6) is 0 Å². The molecule has 0 amide bonds. The molecular formula is C14H21ClO4. The number of ether oxygens (including phenoxy) is 2. The molecule has 0 aromatic heterocycles. The first kappa shape index (κ1) is 15.9. The van der Waals surface area contributed by atoms with Crippen LogP contribution >= 0.6 is 11.6 Å². The summed E-state index contributed by atoms with van der Waals surface area (Å²) in [4.78, 5) is 11.7. The van der Waals surface area contributed by atoms with E-state index in [1.807, 2.05) is 6.92 Å². The Labute approximate surface area is 119 Å². The number of alkyl halides is 1. The standard InChI is InChI=1S/C14H21ClO4/c1-4-10(15)5-6-14(13(16)17)8-11(18-2)7-12(9-14)19-3/h8-10H,4-7H2,1-3H3,(H,16,17). The van der Waals surface area contributed by atoms with Gasteiger partial charge in [0.2, 0.25) is 0 Å². The van der Waals surface area contributed by atoms with E-state index >= 15 is 0 Å². The number of methoxy groups -OCH3 is 2. The molecule has 19 heavy (non-hydrogen) atoms. The van der Waals surface area contributed by atoms with E-state index in [0.717, 1.165) is 6.42 Å². The third-order valence-corrected chi connectivity index (χ3v) is 3.95. The summed E-state index contributed by atoms with van der Waals surface area (Å²) in [6, 6.07) is 0. The van der Waals surface area contributed by atoms with Gasteiger partial charge in [-0.25, -0.2) is 0 Å². The normalized spacial score (nSPS) is 19.2. The van der Waals surface area contributed by atoms with Gasteiger partial charge in [-0.3, -0.25) is 4.79 Å². The second-order valence-electron chi connectivity index (χ2n) is 4.70. The lowest BCUT2D eigenvalue weighted by molar-refractivity contribution is -0.144. The molecule has 1 unspecified atom stereocenters. The Morgan fingerprint density at radius 1 is 1.42 bits per heavy atom. The predicted molar refractivity (Wildman–Crippen MR) is 74.0 cm³/mol. The highest BCUT2D eigenvalue weighted by Gasteiger charge is 2.38. The molecule has 0 spiro atoms. The summed E-state index contributed by atoms with van der Waals surface area (Å²) in [5.41, 5.74) is -1.09. The van der Waals surface area contributed by atoms with E-state index in [2.05, 4.69) is 0 Å². The van der Waals surface area contributed by atoms with Crippen LogP contribution in [0.4, 0.5) is 0 Å². The summed E-state index contributed by atoms with van der Waals surface area (Å²) in [6.45, 7) is 1.98. The Morgan fingerprint density at radius 3 is 2.32 bits per heavy atom. The minimum Gasteiger partial charge on any atom is -0.501 e. The summed E-state index contributed by atoms with van der Waals surface area (Å²) in [6.07, 6.45) is 5.70. The summed E-state index contributed by atoms with van der Waals surface area (Å²) < 4.78 is 10.4. The molecule has 0 aromatic rings. The van der Waals surface area contributed by atoms with Gasteiger partial charge in [0.15, 0.2) is 0 Å². The van der Waals surface area contributed by atoms with Gasteiger partial charge >= 0.3 is 5.97 Å². The van der Waals surface area contributed by atoms with Crippen molar-refractivity contribution >= 4 is 17.6 Å². The summed E-state index contributed by atoms with van der Waals surface area (Å²) in [5, 5.41) is 9.54. The van der Waals surface area contributed by atoms with Gasteiger partial charge in [-0.2, -0.15) is 0 Å². The monoisotopic (exact) mass is 288 g/mol. The molecule has 0 aliphatic heterocycles. The Bertz CT molecular complexity index is 367. The van der Waals surface area contributed by atoms with Gasteiger partial charge in [-0.05, 0) is 31.4 Å². The van der Waals surface area contributed by atoms with E-state index < -0.39 is 11.4 Å². The highest BCUT2D eigenvalue weighted by molar-refractivity contribution is 6.20. The molecule has 1 aliphatic carbocycles. The minimum absolute atomic E-state index is 0.0167. The summed E-state index contributed by atoms with van der Waals surface area (Å²) in [7, 11) is 3.07. The fraction of sp³-hybridized carbons (Fsp3) is 0.643. The van der Waals surface area contributed by atoms with Gasteiger partial charge < -0.3 is 14.6 Å². The molecule has 5 heteroatoms. The van der Waals surface area contributed by atoms with Crippen LogP contribution in [0.15, 0.2) is 23.7 Å². The zero-order valence-corrected chi connectivity index (χ0v) is 12.4. The molecule has 1 rings (SSSR count). The first-order valence-electron chi connectivity index (χ1n) is 6.36. The van der Waals surface area contributed by atoms with Crippen LogP contribution in [0.3, 0.4) is 0 Å². The average Bonchev–Trinajstić information content (AvgIpc) is 2.43. The van der Waals surface area contributed by atoms with E-state index in [1.165, 1.54) is 14.2 Å². The van der Waals surface area contributed by atoms with Crippen LogP contribution in [0.25, 0.3) is 0 Å². The zero-order chi connectivity index (χ0) is 14.5. The Hall–Kier alpha value is -1.16. The zero-order valence-electron chi connectivity index (χ0n) is 11.6. The highest BCUT2D eigenvalue weighted by atomic mass is 35.5. The first-order chi connectivity index (χ1) is 8.97. The van der Waals surface area contributed by atoms with Crippen molar-refractivity contribution in [3.05, 3.63) is 23.7 Å². The number of carbonyl (C=O) groups is 1. The van der Waals surface area contributed by atoms with Crippen LogP contribution < -0.4 is 0 Å². The van der Waals surface area contributed by atoms with Gasteiger partial charge in [0.1, 0.15) is 16.9 Å². The molecule has 0 fully saturated rings. The minimum atomic E-state index is -1.09. The molecule has 1 atom stereocenters. The Balaban J connectivity index is 3.01. The molecule has 0 heterocycles. The number of hydrogen-bond donors (Lipinski definition) is 1. The topological polar surface area (TPSA) is 55.8 Å². The average molecular weight is 289 g/mol. The molecule has 0 saturated carbocycles. The maximum absolute atomic E-state index is 11.7. The van der Waals surface area contributed by atoms with Gasteiger partial charge in [0, 0.05) is 5.38 Å². The van der Waals surface area contributed by atoms with Crippen molar-refractivity contribution in [3.8, 4) is 0 Å². The van der Waals surface area contributed by atoms with E-state index in [-0.39, 0.29) is 5.38 Å². The molecule has 1 aliphatic rings. The molecule has 4 nitrogen and oxygen atoms in total. The van der Waals surface area contributed by atoms with Gasteiger partial charge in [0.25, 0.3) is 0 Å². The molecule has 1 N–H and O–H groups in total. The fourth-order valence-electron chi connectivity index (χ4n) is 2.13. The van der Waals surface area contributed by atoms with Crippen LogP contribution in [-0.4, -0.2) is 30.7 Å². The van der Waals surface area contributed by atoms with Gasteiger partial charge in [-0.15, -0.1) is 11.6 Å². The number of rotatable bonds is 7. The lowest BCUT2D eigenvalue weighted by atomic mass is 9.78. The molecule has 0 radical (unpaired) electrons. The van der Waals surface area contributed by atoms with Crippen molar-refractivity contribution in [3.63, 3.8) is 0 Å². The van der Waals surface area contributed by atoms with E-state index in [4.69, 9.17) is 21.1 Å². The van der Waals surface area contributed by atoms with Crippen LogP contribution in [0.1, 0.15) is 32.6 Å². The van der Waals surface area contributed by atoms with Gasteiger partial charge in [0.05, 0.1) is 20.6 Å². The SMILES string of the molecule is CCC(Cl)CCC1(C(=O)O)C=C(OC)CC(OC)=C1. The lowest BCUT2D eigenvalue weighted by Gasteiger charge is -2.29. The van der Waals surface area contributed by atoms with Crippen LogP contribution in [0, 0.1) is 5.41 Å². The quantitative estimate of drug-likeness (QED) is 0.730. The lowest BCUT2D eigenvalue weighted by Crippen LogP contribution is -2.31. The van der Waals surface area contributed by atoms with Crippen molar-refractivity contribution in [2.45, 2.75) is 38.0 Å². The number of aliphatic carboxylic acids is 1. The molecule has 0 bridgehead atoms. The second-order valence-corrected chi connectivity index (χ2v) is 5.31. The van der Waals surface area contributed by atoms with Crippen molar-refractivity contribution in [2.24, 2.45) is 5.41 Å². The largest absolute Gasteiger partial charge is 0.501 e. The molecule has 0 aromatic carbocycles. The number of carboxylic acid groups (broad SMARTS) is 1. The number of carboxylic acids is 1. The Morgan fingerprint density at radius 2 is 1.95 bits per heavy atom. The Kier molecular flexibility index (Phi) is 5.73. The summed E-state index contributed by atoms with van der Waals surface area (Å²) >= 11 is 6.09. The highest BCUT2D eigenvalue weighted by Crippen LogP contribution is 2.38.